The lowest BCUT2D eigenvalue weighted by Crippen LogP contribution is -2.02. The first-order chi connectivity index (χ1) is 9.84. The van der Waals surface area contributed by atoms with E-state index in [0.29, 0.717) is 5.82 Å². The third kappa shape index (κ3) is 2.47. The van der Waals surface area contributed by atoms with Gasteiger partial charge in [0.1, 0.15) is 0 Å². The van der Waals surface area contributed by atoms with Crippen molar-refractivity contribution in [3.05, 3.63) is 60.6 Å². The Hall–Kier alpha value is -2.82. The van der Waals surface area contributed by atoms with E-state index in [2.05, 4.69) is 25.7 Å². The highest BCUT2D eigenvalue weighted by atomic mass is 15.3. The average molecular weight is 263 g/mol. The number of hydrogen-bond acceptors (Lipinski definition) is 5. The summed E-state index contributed by atoms with van der Waals surface area (Å²) in [6.07, 6.45) is 5.24. The fourth-order valence-corrected chi connectivity index (χ4v) is 1.89. The maximum Gasteiger partial charge on any atom is 0.176 e. The Morgan fingerprint density at radius 1 is 1.10 bits per heavy atom. The molecule has 98 valence electrons. The minimum Gasteiger partial charge on any atom is -0.264 e. The molecule has 5 heteroatoms. The second-order valence-corrected chi connectivity index (χ2v) is 4.33. The Kier molecular flexibility index (Phi) is 3.33. The highest BCUT2D eigenvalue weighted by Crippen LogP contribution is 2.19. The number of pyridine rings is 1. The summed E-state index contributed by atoms with van der Waals surface area (Å²) in [5.74, 6) is 0.645. The number of fused-ring (bicyclic) bond motifs is 1. The Morgan fingerprint density at radius 2 is 2.00 bits per heavy atom. The van der Waals surface area contributed by atoms with E-state index in [9.17, 15) is 0 Å². The molecule has 0 amide bonds. The zero-order chi connectivity index (χ0) is 13.8. The molecule has 3 rings (SSSR count). The molecule has 20 heavy (non-hydrogen) atoms. The van der Waals surface area contributed by atoms with Gasteiger partial charge in [0.15, 0.2) is 5.82 Å². The van der Waals surface area contributed by atoms with Crippen molar-refractivity contribution in [1.29, 1.82) is 0 Å². The molecule has 0 bridgehead atoms. The van der Waals surface area contributed by atoms with Crippen LogP contribution in [-0.4, -0.2) is 20.9 Å². The largest absolute Gasteiger partial charge is 0.264 e. The summed E-state index contributed by atoms with van der Waals surface area (Å²) in [4.78, 5) is 4.07. The number of nitrogens with one attached hydrogen (secondary N) is 1. The van der Waals surface area contributed by atoms with Crippen LogP contribution in [-0.2, 0) is 0 Å². The Bertz CT molecular complexity index is 747. The quantitative estimate of drug-likeness (QED) is 0.583. The van der Waals surface area contributed by atoms with Gasteiger partial charge in [-0.15, -0.1) is 5.10 Å². The van der Waals surface area contributed by atoms with Gasteiger partial charge in [-0.1, -0.05) is 30.3 Å². The summed E-state index contributed by atoms with van der Waals surface area (Å²) in [6.45, 7) is 1.92. The Labute approximate surface area is 116 Å². The molecule has 0 fully saturated rings. The molecular weight excluding hydrogens is 250 g/mol. The first kappa shape index (κ1) is 12.2. The maximum atomic E-state index is 4.34. The topological polar surface area (TPSA) is 63.1 Å². The van der Waals surface area contributed by atoms with Gasteiger partial charge < -0.3 is 0 Å². The van der Waals surface area contributed by atoms with Gasteiger partial charge in [0.05, 0.1) is 11.9 Å². The molecule has 0 aliphatic carbocycles. The molecule has 0 saturated heterocycles. The van der Waals surface area contributed by atoms with Crippen LogP contribution in [0.4, 0.5) is 5.82 Å². The van der Waals surface area contributed by atoms with Gasteiger partial charge >= 0.3 is 0 Å². The molecule has 0 spiro atoms. The van der Waals surface area contributed by atoms with Crippen LogP contribution >= 0.6 is 0 Å². The Morgan fingerprint density at radius 3 is 2.85 bits per heavy atom. The number of hydrazone groups is 1. The van der Waals surface area contributed by atoms with E-state index < -0.39 is 0 Å². The van der Waals surface area contributed by atoms with Crippen LogP contribution in [0, 0.1) is 0 Å². The van der Waals surface area contributed by atoms with Gasteiger partial charge in [-0.05, 0) is 13.0 Å². The van der Waals surface area contributed by atoms with Gasteiger partial charge in [-0.25, -0.2) is 0 Å². The van der Waals surface area contributed by atoms with Crippen LogP contribution in [0.15, 0.2) is 60.1 Å². The molecule has 0 radical (unpaired) electrons. The fraction of sp³-hybridized carbons (Fsp3) is 0.0667. The van der Waals surface area contributed by atoms with Crippen LogP contribution in [0.2, 0.25) is 0 Å². The molecule has 0 saturated carbocycles. The van der Waals surface area contributed by atoms with E-state index in [1.165, 1.54) is 0 Å². The van der Waals surface area contributed by atoms with E-state index in [4.69, 9.17) is 0 Å². The predicted molar refractivity (Wildman–Crippen MR) is 79.6 cm³/mol. The summed E-state index contributed by atoms with van der Waals surface area (Å²) < 4.78 is 0. The molecule has 2 aromatic heterocycles. The second-order valence-electron chi connectivity index (χ2n) is 4.33. The van der Waals surface area contributed by atoms with Crippen molar-refractivity contribution >= 4 is 22.3 Å². The number of hydrogen-bond donors (Lipinski definition) is 1. The van der Waals surface area contributed by atoms with E-state index in [0.717, 1.165) is 22.0 Å². The van der Waals surface area contributed by atoms with Crippen LogP contribution in [0.3, 0.4) is 0 Å². The lowest BCUT2D eigenvalue weighted by atomic mass is 10.2. The van der Waals surface area contributed by atoms with Crippen LogP contribution in [0.5, 0.6) is 0 Å². The molecule has 0 unspecified atom stereocenters. The summed E-state index contributed by atoms with van der Waals surface area (Å²) in [5.41, 5.74) is 4.78. The monoisotopic (exact) mass is 263 g/mol. The lowest BCUT2D eigenvalue weighted by molar-refractivity contribution is 1.04. The lowest BCUT2D eigenvalue weighted by Gasteiger charge is -2.05. The zero-order valence-corrected chi connectivity index (χ0v) is 11.0. The van der Waals surface area contributed by atoms with Gasteiger partial charge in [0.2, 0.25) is 0 Å². The van der Waals surface area contributed by atoms with Crippen molar-refractivity contribution in [2.24, 2.45) is 5.10 Å². The van der Waals surface area contributed by atoms with Crippen molar-refractivity contribution < 1.29 is 0 Å². The normalized spacial score (nSPS) is 11.6. The second kappa shape index (κ2) is 5.44. The van der Waals surface area contributed by atoms with Crippen LogP contribution < -0.4 is 5.43 Å². The van der Waals surface area contributed by atoms with Gasteiger partial charge in [0.25, 0.3) is 0 Å². The molecular formula is C15H13N5. The maximum absolute atomic E-state index is 4.34. The standard InChI is InChI=1S/C15H13N5/c1-11(12-6-4-8-16-9-12)18-20-15-14-7-3-2-5-13(14)10-17-19-15/h2-10H,1H3,(H,19,20)/b18-11+. The molecule has 0 aliphatic heterocycles. The van der Waals surface area contributed by atoms with Gasteiger partial charge in [-0.2, -0.15) is 10.2 Å². The number of anilines is 1. The minimum atomic E-state index is 0.645. The SMILES string of the molecule is C/C(=N\Nc1nncc2ccccc12)c1cccnc1. The van der Waals surface area contributed by atoms with Crippen molar-refractivity contribution in [2.45, 2.75) is 6.92 Å². The number of rotatable bonds is 3. The van der Waals surface area contributed by atoms with Crippen molar-refractivity contribution in [3.8, 4) is 0 Å². The van der Waals surface area contributed by atoms with Crippen molar-refractivity contribution in [2.75, 3.05) is 5.43 Å². The summed E-state index contributed by atoms with van der Waals surface area (Å²) in [7, 11) is 0. The van der Waals surface area contributed by atoms with E-state index >= 15 is 0 Å². The minimum absolute atomic E-state index is 0.645. The number of nitrogens with zero attached hydrogens (tertiary/aromatic N) is 4. The zero-order valence-electron chi connectivity index (χ0n) is 11.0. The molecule has 1 N–H and O–H groups in total. The summed E-state index contributed by atoms with van der Waals surface area (Å²) in [5, 5.41) is 14.4. The highest BCUT2D eigenvalue weighted by Gasteiger charge is 2.02. The average Bonchev–Trinajstić information content (AvgIpc) is 2.53. The smallest absolute Gasteiger partial charge is 0.176 e. The molecule has 1 aromatic carbocycles. The van der Waals surface area contributed by atoms with E-state index in [1.54, 1.807) is 18.6 Å². The highest BCUT2D eigenvalue weighted by molar-refractivity contribution is 5.99. The van der Waals surface area contributed by atoms with Crippen LogP contribution in [0.25, 0.3) is 10.8 Å². The molecule has 0 atom stereocenters. The van der Waals surface area contributed by atoms with Crippen molar-refractivity contribution in [1.82, 2.24) is 15.2 Å². The van der Waals surface area contributed by atoms with Gasteiger partial charge in [-0.3, -0.25) is 10.4 Å². The Balaban J connectivity index is 1.91. The number of benzene rings is 1. The number of aromatic nitrogens is 3. The van der Waals surface area contributed by atoms with Gasteiger partial charge in [0, 0.05) is 28.7 Å². The molecule has 5 nitrogen and oxygen atoms in total. The van der Waals surface area contributed by atoms with E-state index in [-0.39, 0.29) is 0 Å². The first-order valence-electron chi connectivity index (χ1n) is 6.26. The summed E-state index contributed by atoms with van der Waals surface area (Å²) >= 11 is 0. The van der Waals surface area contributed by atoms with E-state index in [1.807, 2.05) is 43.3 Å². The van der Waals surface area contributed by atoms with Crippen LogP contribution in [0.1, 0.15) is 12.5 Å². The molecule has 2 heterocycles. The predicted octanol–water partition coefficient (Wildman–Crippen LogP) is 2.86. The molecule has 0 aliphatic rings. The summed E-state index contributed by atoms with van der Waals surface area (Å²) in [6, 6.07) is 11.8. The first-order valence-corrected chi connectivity index (χ1v) is 6.26. The van der Waals surface area contributed by atoms with Crippen molar-refractivity contribution in [3.63, 3.8) is 0 Å². The molecule has 3 aromatic rings. The fourth-order valence-electron chi connectivity index (χ4n) is 1.89. The third-order valence-electron chi connectivity index (χ3n) is 2.98. The third-order valence-corrected chi connectivity index (χ3v) is 2.98.